The number of ether oxygens (including phenoxy) is 1. The lowest BCUT2D eigenvalue weighted by atomic mass is 9.94. The maximum atomic E-state index is 11.8. The SMILES string of the molecule is O=C(OCCCl)N1CCC(c2cc3cc(Cl)ccc3[nH]2)CC1. The van der Waals surface area contributed by atoms with Gasteiger partial charge in [0.05, 0.1) is 5.88 Å². The number of likely N-dealkylation sites (tertiary alicyclic amines) is 1. The first-order valence-corrected chi connectivity index (χ1v) is 8.34. The fourth-order valence-electron chi connectivity index (χ4n) is 2.94. The third-order valence-electron chi connectivity index (χ3n) is 4.10. The molecule has 0 radical (unpaired) electrons. The molecule has 1 aliphatic heterocycles. The lowest BCUT2D eigenvalue weighted by Crippen LogP contribution is -2.38. The molecule has 0 spiro atoms. The molecule has 4 nitrogen and oxygen atoms in total. The molecule has 2 heterocycles. The zero-order valence-corrected chi connectivity index (χ0v) is 13.7. The Kier molecular flexibility index (Phi) is 4.79. The van der Waals surface area contributed by atoms with Crippen molar-refractivity contribution in [3.63, 3.8) is 0 Å². The van der Waals surface area contributed by atoms with E-state index >= 15 is 0 Å². The standard InChI is InChI=1S/C16H18Cl2N2O2/c17-5-8-22-16(21)20-6-3-11(4-7-20)15-10-12-9-13(18)1-2-14(12)19-15/h1-2,9-11,19H,3-8H2. The zero-order chi connectivity index (χ0) is 15.5. The number of H-pyrrole nitrogens is 1. The van der Waals surface area contributed by atoms with Gasteiger partial charge in [-0.2, -0.15) is 0 Å². The Bertz CT molecular complexity index is 663. The van der Waals surface area contributed by atoms with E-state index in [0.29, 0.717) is 24.9 Å². The predicted octanol–water partition coefficient (Wildman–Crippen LogP) is 4.38. The monoisotopic (exact) mass is 340 g/mol. The third kappa shape index (κ3) is 3.33. The highest BCUT2D eigenvalue weighted by atomic mass is 35.5. The molecule has 0 bridgehead atoms. The van der Waals surface area contributed by atoms with Gasteiger partial charge in [-0.25, -0.2) is 4.79 Å². The molecule has 3 rings (SSSR count). The minimum atomic E-state index is -0.262. The molecule has 0 saturated carbocycles. The topological polar surface area (TPSA) is 45.3 Å². The van der Waals surface area contributed by atoms with Crippen LogP contribution in [0.5, 0.6) is 0 Å². The molecule has 118 valence electrons. The quantitative estimate of drug-likeness (QED) is 0.843. The van der Waals surface area contributed by atoms with Crippen molar-refractivity contribution < 1.29 is 9.53 Å². The van der Waals surface area contributed by atoms with E-state index in [1.807, 2.05) is 18.2 Å². The van der Waals surface area contributed by atoms with Crippen LogP contribution in [-0.4, -0.2) is 41.6 Å². The molecule has 6 heteroatoms. The highest BCUT2D eigenvalue weighted by Gasteiger charge is 2.25. The van der Waals surface area contributed by atoms with Gasteiger partial charge in [0.1, 0.15) is 6.61 Å². The summed E-state index contributed by atoms with van der Waals surface area (Å²) in [5.74, 6) is 0.767. The molecule has 1 N–H and O–H groups in total. The van der Waals surface area contributed by atoms with Crippen LogP contribution < -0.4 is 0 Å². The molecular formula is C16H18Cl2N2O2. The van der Waals surface area contributed by atoms with Gasteiger partial charge in [0.2, 0.25) is 0 Å². The highest BCUT2D eigenvalue weighted by molar-refractivity contribution is 6.31. The first-order chi connectivity index (χ1) is 10.7. The van der Waals surface area contributed by atoms with Gasteiger partial charge in [-0.3, -0.25) is 0 Å². The van der Waals surface area contributed by atoms with Crippen LogP contribution in [0.25, 0.3) is 10.9 Å². The fourth-order valence-corrected chi connectivity index (χ4v) is 3.19. The third-order valence-corrected chi connectivity index (χ3v) is 4.49. The smallest absolute Gasteiger partial charge is 0.409 e. The maximum absolute atomic E-state index is 11.8. The lowest BCUT2D eigenvalue weighted by Gasteiger charge is -2.30. The van der Waals surface area contributed by atoms with Gasteiger partial charge in [0, 0.05) is 40.6 Å². The van der Waals surface area contributed by atoms with Gasteiger partial charge in [0.15, 0.2) is 0 Å². The molecule has 22 heavy (non-hydrogen) atoms. The van der Waals surface area contributed by atoms with Gasteiger partial charge < -0.3 is 14.6 Å². The summed E-state index contributed by atoms with van der Waals surface area (Å²) < 4.78 is 5.07. The van der Waals surface area contributed by atoms with Crippen LogP contribution in [0.1, 0.15) is 24.5 Å². The van der Waals surface area contributed by atoms with Crippen molar-refractivity contribution in [2.45, 2.75) is 18.8 Å². The number of aromatic nitrogens is 1. The van der Waals surface area contributed by atoms with Crippen molar-refractivity contribution in [3.05, 3.63) is 35.0 Å². The van der Waals surface area contributed by atoms with Gasteiger partial charge in [-0.1, -0.05) is 11.6 Å². The number of alkyl halides is 1. The molecular weight excluding hydrogens is 323 g/mol. The van der Waals surface area contributed by atoms with Crippen LogP contribution in [0, 0.1) is 0 Å². The Morgan fingerprint density at radius 2 is 2.09 bits per heavy atom. The van der Waals surface area contributed by atoms with Crippen molar-refractivity contribution >= 4 is 40.2 Å². The summed E-state index contributed by atoms with van der Waals surface area (Å²) in [5.41, 5.74) is 2.31. The average Bonchev–Trinajstić information content (AvgIpc) is 2.95. The van der Waals surface area contributed by atoms with Crippen LogP contribution >= 0.6 is 23.2 Å². The van der Waals surface area contributed by atoms with Crippen LogP contribution in [0.15, 0.2) is 24.3 Å². The number of benzene rings is 1. The summed E-state index contributed by atoms with van der Waals surface area (Å²) in [6.07, 6.45) is 1.59. The summed E-state index contributed by atoms with van der Waals surface area (Å²) in [4.78, 5) is 17.0. The number of hydrogen-bond acceptors (Lipinski definition) is 2. The number of nitrogens with zero attached hydrogens (tertiary/aromatic N) is 1. The number of piperidine rings is 1. The summed E-state index contributed by atoms with van der Waals surface area (Å²) in [7, 11) is 0. The summed E-state index contributed by atoms with van der Waals surface area (Å²) >= 11 is 11.6. The average molecular weight is 341 g/mol. The number of aromatic amines is 1. The molecule has 0 aliphatic carbocycles. The number of carbonyl (C=O) groups excluding carboxylic acids is 1. The van der Waals surface area contributed by atoms with Crippen LogP contribution in [0.4, 0.5) is 4.79 Å². The van der Waals surface area contributed by atoms with Crippen molar-refractivity contribution in [2.75, 3.05) is 25.6 Å². The number of carbonyl (C=O) groups is 1. The number of amides is 1. The first kappa shape index (κ1) is 15.5. The highest BCUT2D eigenvalue weighted by Crippen LogP contribution is 2.31. The number of hydrogen-bond donors (Lipinski definition) is 1. The van der Waals surface area contributed by atoms with Crippen molar-refractivity contribution in [3.8, 4) is 0 Å². The normalized spacial score (nSPS) is 16.2. The largest absolute Gasteiger partial charge is 0.448 e. The van der Waals surface area contributed by atoms with Gasteiger partial charge >= 0.3 is 6.09 Å². The number of nitrogens with one attached hydrogen (secondary N) is 1. The zero-order valence-electron chi connectivity index (χ0n) is 12.1. The van der Waals surface area contributed by atoms with E-state index in [0.717, 1.165) is 28.8 Å². The van der Waals surface area contributed by atoms with Gasteiger partial charge in [-0.15, -0.1) is 11.6 Å². The van der Waals surface area contributed by atoms with Crippen LogP contribution in [-0.2, 0) is 4.74 Å². The van der Waals surface area contributed by atoms with Crippen LogP contribution in [0.3, 0.4) is 0 Å². The van der Waals surface area contributed by atoms with Crippen LogP contribution in [0.2, 0.25) is 5.02 Å². The second-order valence-corrected chi connectivity index (χ2v) is 6.34. The molecule has 2 aromatic rings. The Morgan fingerprint density at radius 1 is 1.32 bits per heavy atom. The predicted molar refractivity (Wildman–Crippen MR) is 88.9 cm³/mol. The molecule has 1 aromatic heterocycles. The van der Waals surface area contributed by atoms with E-state index in [2.05, 4.69) is 11.1 Å². The summed E-state index contributed by atoms with van der Waals surface area (Å²) in [6, 6.07) is 8.02. The van der Waals surface area contributed by atoms with Crippen molar-refractivity contribution in [2.24, 2.45) is 0 Å². The van der Waals surface area contributed by atoms with E-state index in [1.54, 1.807) is 4.90 Å². The molecule has 1 aliphatic rings. The second-order valence-electron chi connectivity index (χ2n) is 5.52. The Labute approximate surface area is 139 Å². The van der Waals surface area contributed by atoms with E-state index in [9.17, 15) is 4.79 Å². The molecule has 1 fully saturated rings. The van der Waals surface area contributed by atoms with E-state index in [1.165, 1.54) is 5.69 Å². The van der Waals surface area contributed by atoms with E-state index < -0.39 is 0 Å². The minimum absolute atomic E-state index is 0.262. The Morgan fingerprint density at radius 3 is 2.82 bits per heavy atom. The molecule has 0 atom stereocenters. The number of fused-ring (bicyclic) bond motifs is 1. The van der Waals surface area contributed by atoms with Gasteiger partial charge in [0.25, 0.3) is 0 Å². The van der Waals surface area contributed by atoms with E-state index in [4.69, 9.17) is 27.9 Å². The summed E-state index contributed by atoms with van der Waals surface area (Å²) in [6.45, 7) is 1.69. The first-order valence-electron chi connectivity index (χ1n) is 7.43. The molecule has 1 aromatic carbocycles. The number of halogens is 2. The molecule has 1 amide bonds. The van der Waals surface area contributed by atoms with Crippen molar-refractivity contribution in [1.29, 1.82) is 0 Å². The van der Waals surface area contributed by atoms with E-state index in [-0.39, 0.29) is 12.7 Å². The Hall–Kier alpha value is -1.39. The minimum Gasteiger partial charge on any atom is -0.448 e. The lowest BCUT2D eigenvalue weighted by molar-refractivity contribution is 0.0974. The second kappa shape index (κ2) is 6.80. The van der Waals surface area contributed by atoms with Crippen molar-refractivity contribution in [1.82, 2.24) is 9.88 Å². The maximum Gasteiger partial charge on any atom is 0.409 e. The number of rotatable bonds is 3. The van der Waals surface area contributed by atoms with Gasteiger partial charge in [-0.05, 0) is 37.1 Å². The fraction of sp³-hybridized carbons (Fsp3) is 0.438. The Balaban J connectivity index is 1.64. The summed E-state index contributed by atoms with van der Waals surface area (Å²) in [5, 5.41) is 1.88. The molecule has 0 unspecified atom stereocenters. The molecule has 1 saturated heterocycles.